The fourth-order valence-corrected chi connectivity index (χ4v) is 2.21. The van der Waals surface area contributed by atoms with Gasteiger partial charge in [-0.05, 0) is 38.0 Å². The fraction of sp³-hybridized carbons (Fsp3) is 0.471. The standard InChI is InChI=1S/C17H26N6.HI/c1-3-18-17(21-11-8-16-7-4-5-9-19-16)20-10-6-12-23-14-15(2)13-22-23;/h4-5,7,9,13-14H,3,6,8,10-12H2,1-2H3,(H2,18,20,21);1H. The lowest BCUT2D eigenvalue weighted by Crippen LogP contribution is -2.38. The summed E-state index contributed by atoms with van der Waals surface area (Å²) >= 11 is 0. The molecule has 24 heavy (non-hydrogen) atoms. The van der Waals surface area contributed by atoms with Crippen LogP contribution in [0.2, 0.25) is 0 Å². The highest BCUT2D eigenvalue weighted by atomic mass is 127. The van der Waals surface area contributed by atoms with Crippen molar-refractivity contribution in [3.05, 3.63) is 48.0 Å². The molecule has 2 N–H and O–H groups in total. The molecule has 7 heteroatoms. The first-order valence-electron chi connectivity index (χ1n) is 8.19. The van der Waals surface area contributed by atoms with E-state index >= 15 is 0 Å². The van der Waals surface area contributed by atoms with Crippen molar-refractivity contribution in [3.63, 3.8) is 0 Å². The van der Waals surface area contributed by atoms with Gasteiger partial charge in [0, 0.05) is 50.7 Å². The molecular weight excluding hydrogens is 415 g/mol. The van der Waals surface area contributed by atoms with Gasteiger partial charge in [-0.1, -0.05) is 6.07 Å². The van der Waals surface area contributed by atoms with E-state index < -0.39 is 0 Å². The van der Waals surface area contributed by atoms with E-state index in [9.17, 15) is 0 Å². The normalized spacial score (nSPS) is 11.0. The number of guanidine groups is 1. The molecule has 0 spiro atoms. The fourth-order valence-electron chi connectivity index (χ4n) is 2.21. The highest BCUT2D eigenvalue weighted by Crippen LogP contribution is 1.96. The zero-order valence-corrected chi connectivity index (χ0v) is 16.7. The topological polar surface area (TPSA) is 67.1 Å². The van der Waals surface area contributed by atoms with E-state index in [0.29, 0.717) is 0 Å². The third-order valence-corrected chi connectivity index (χ3v) is 3.32. The van der Waals surface area contributed by atoms with Crippen LogP contribution in [0.1, 0.15) is 24.6 Å². The van der Waals surface area contributed by atoms with Crippen molar-refractivity contribution in [2.75, 3.05) is 19.6 Å². The van der Waals surface area contributed by atoms with E-state index in [4.69, 9.17) is 0 Å². The first-order chi connectivity index (χ1) is 11.3. The number of nitrogens with zero attached hydrogens (tertiary/aromatic N) is 4. The maximum Gasteiger partial charge on any atom is 0.191 e. The van der Waals surface area contributed by atoms with Crippen LogP contribution in [0.15, 0.2) is 41.8 Å². The van der Waals surface area contributed by atoms with E-state index in [1.54, 1.807) is 0 Å². The predicted octanol–water partition coefficient (Wildman–Crippen LogP) is 2.39. The first-order valence-corrected chi connectivity index (χ1v) is 8.19. The molecule has 0 atom stereocenters. The second-order valence-electron chi connectivity index (χ2n) is 5.39. The Hall–Kier alpha value is -1.64. The molecule has 0 radical (unpaired) electrons. The van der Waals surface area contributed by atoms with Crippen LogP contribution in [0.5, 0.6) is 0 Å². The van der Waals surface area contributed by atoms with Crippen molar-refractivity contribution in [1.82, 2.24) is 25.4 Å². The molecule has 0 fully saturated rings. The SMILES string of the molecule is CCNC(=NCCCn1cc(C)cn1)NCCc1ccccn1.I. The maximum atomic E-state index is 4.60. The number of nitrogens with one attached hydrogen (secondary N) is 2. The molecule has 132 valence electrons. The van der Waals surface area contributed by atoms with E-state index in [0.717, 1.165) is 50.7 Å². The molecule has 2 aromatic heterocycles. The number of aryl methyl sites for hydroxylation is 2. The lowest BCUT2D eigenvalue weighted by Gasteiger charge is -2.11. The minimum atomic E-state index is 0. The third-order valence-electron chi connectivity index (χ3n) is 3.32. The van der Waals surface area contributed by atoms with Gasteiger partial charge in [-0.3, -0.25) is 14.7 Å². The van der Waals surface area contributed by atoms with Crippen LogP contribution in [0.25, 0.3) is 0 Å². The number of rotatable bonds is 8. The average Bonchev–Trinajstić information content (AvgIpc) is 2.98. The number of pyridine rings is 1. The monoisotopic (exact) mass is 442 g/mol. The molecule has 0 aliphatic heterocycles. The number of aliphatic imine (C=N–C) groups is 1. The molecule has 0 bridgehead atoms. The van der Waals surface area contributed by atoms with Gasteiger partial charge in [0.2, 0.25) is 0 Å². The molecular formula is C17H27IN6. The smallest absolute Gasteiger partial charge is 0.191 e. The Kier molecular flexibility index (Phi) is 10.1. The van der Waals surface area contributed by atoms with Crippen LogP contribution in [0.4, 0.5) is 0 Å². The van der Waals surface area contributed by atoms with Crippen molar-refractivity contribution in [2.24, 2.45) is 4.99 Å². The van der Waals surface area contributed by atoms with Crippen molar-refractivity contribution in [2.45, 2.75) is 33.2 Å². The Balaban J connectivity index is 0.00000288. The Bertz CT molecular complexity index is 596. The summed E-state index contributed by atoms with van der Waals surface area (Å²) < 4.78 is 1.96. The van der Waals surface area contributed by atoms with Crippen LogP contribution in [-0.2, 0) is 13.0 Å². The molecule has 6 nitrogen and oxygen atoms in total. The molecule has 0 saturated heterocycles. The summed E-state index contributed by atoms with van der Waals surface area (Å²) in [5.41, 5.74) is 2.28. The van der Waals surface area contributed by atoms with Crippen LogP contribution in [0.3, 0.4) is 0 Å². The Labute approximate surface area is 161 Å². The summed E-state index contributed by atoms with van der Waals surface area (Å²) in [6.45, 7) is 7.47. The minimum Gasteiger partial charge on any atom is -0.357 e. The zero-order chi connectivity index (χ0) is 16.3. The van der Waals surface area contributed by atoms with Gasteiger partial charge in [-0.25, -0.2) is 0 Å². The van der Waals surface area contributed by atoms with Gasteiger partial charge < -0.3 is 10.6 Å². The highest BCUT2D eigenvalue weighted by molar-refractivity contribution is 14.0. The predicted molar refractivity (Wildman–Crippen MR) is 109 cm³/mol. The molecule has 0 aliphatic rings. The first kappa shape index (κ1) is 20.4. The molecule has 2 rings (SSSR count). The van der Waals surface area contributed by atoms with Gasteiger partial charge in [0.25, 0.3) is 0 Å². The molecule has 2 aromatic rings. The van der Waals surface area contributed by atoms with E-state index in [2.05, 4.69) is 45.8 Å². The van der Waals surface area contributed by atoms with Gasteiger partial charge in [-0.15, -0.1) is 24.0 Å². The number of halogens is 1. The summed E-state index contributed by atoms with van der Waals surface area (Å²) in [5, 5.41) is 10.9. The molecule has 2 heterocycles. The summed E-state index contributed by atoms with van der Waals surface area (Å²) in [6, 6.07) is 5.99. The summed E-state index contributed by atoms with van der Waals surface area (Å²) in [4.78, 5) is 8.92. The number of aromatic nitrogens is 3. The lowest BCUT2D eigenvalue weighted by molar-refractivity contribution is 0.583. The zero-order valence-electron chi connectivity index (χ0n) is 14.4. The van der Waals surface area contributed by atoms with Crippen LogP contribution in [-0.4, -0.2) is 40.4 Å². The van der Waals surface area contributed by atoms with Crippen LogP contribution < -0.4 is 10.6 Å². The van der Waals surface area contributed by atoms with Gasteiger partial charge in [0.15, 0.2) is 5.96 Å². The van der Waals surface area contributed by atoms with Crippen LogP contribution in [0, 0.1) is 6.92 Å². The van der Waals surface area contributed by atoms with Gasteiger partial charge in [0.1, 0.15) is 0 Å². The number of hydrogen-bond acceptors (Lipinski definition) is 3. The van der Waals surface area contributed by atoms with Crippen molar-refractivity contribution in [1.29, 1.82) is 0 Å². The van der Waals surface area contributed by atoms with E-state index in [-0.39, 0.29) is 24.0 Å². The molecule has 0 aliphatic carbocycles. The Morgan fingerprint density at radius 2 is 2.17 bits per heavy atom. The quantitative estimate of drug-likeness (QED) is 0.285. The van der Waals surface area contributed by atoms with Gasteiger partial charge in [-0.2, -0.15) is 5.10 Å². The Morgan fingerprint density at radius 3 is 2.83 bits per heavy atom. The van der Waals surface area contributed by atoms with E-state index in [1.165, 1.54) is 5.56 Å². The minimum absolute atomic E-state index is 0. The molecule has 0 saturated carbocycles. The summed E-state index contributed by atoms with van der Waals surface area (Å²) in [7, 11) is 0. The summed E-state index contributed by atoms with van der Waals surface area (Å²) in [6.07, 6.45) is 7.62. The third kappa shape index (κ3) is 7.76. The summed E-state index contributed by atoms with van der Waals surface area (Å²) in [5.74, 6) is 0.861. The lowest BCUT2D eigenvalue weighted by atomic mass is 10.3. The highest BCUT2D eigenvalue weighted by Gasteiger charge is 1.99. The largest absolute Gasteiger partial charge is 0.357 e. The van der Waals surface area contributed by atoms with Gasteiger partial charge >= 0.3 is 0 Å². The average molecular weight is 442 g/mol. The van der Waals surface area contributed by atoms with Crippen molar-refractivity contribution in [3.8, 4) is 0 Å². The number of hydrogen-bond donors (Lipinski definition) is 2. The van der Waals surface area contributed by atoms with Crippen molar-refractivity contribution < 1.29 is 0 Å². The van der Waals surface area contributed by atoms with Gasteiger partial charge in [0.05, 0.1) is 6.20 Å². The Morgan fingerprint density at radius 1 is 1.29 bits per heavy atom. The second-order valence-corrected chi connectivity index (χ2v) is 5.39. The molecule has 0 unspecified atom stereocenters. The van der Waals surface area contributed by atoms with E-state index in [1.807, 2.05) is 35.3 Å². The van der Waals surface area contributed by atoms with Crippen molar-refractivity contribution >= 4 is 29.9 Å². The maximum absolute atomic E-state index is 4.60. The van der Waals surface area contributed by atoms with Crippen LogP contribution >= 0.6 is 24.0 Å². The second kappa shape index (κ2) is 11.8. The molecule has 0 amide bonds. The molecule has 0 aromatic carbocycles.